The highest BCUT2D eigenvalue weighted by Crippen LogP contribution is 2.35. The number of para-hydroxylation sites is 2. The Bertz CT molecular complexity index is 1040. The molecule has 0 amide bonds. The van der Waals surface area contributed by atoms with Crippen molar-refractivity contribution in [1.82, 2.24) is 0 Å². The standard InChI is InChI=1S/C22H20N2O4/c1-27-21-11-13(7-8-15(21)22(26)28-2)14-9-19-16(20(25)10-14)12-23-17-5-3-4-6-18(17)24-19/h3-9,11,23-24H,10,12H2,1-2H3. The van der Waals surface area contributed by atoms with E-state index < -0.39 is 5.97 Å². The molecular formula is C22H20N2O4. The average Bonchev–Trinajstić information content (AvgIpc) is 2.92. The molecule has 0 aromatic heterocycles. The minimum absolute atomic E-state index is 0.0660. The second-order valence-corrected chi connectivity index (χ2v) is 6.59. The van der Waals surface area contributed by atoms with Gasteiger partial charge in [0.15, 0.2) is 5.78 Å². The SMILES string of the molecule is COC(=O)c1ccc(C2=CC3=C(CNc4ccccc4N3)C(=O)C2)cc1OC. The van der Waals surface area contributed by atoms with Crippen molar-refractivity contribution in [2.75, 3.05) is 31.4 Å². The van der Waals surface area contributed by atoms with Gasteiger partial charge in [-0.15, -0.1) is 0 Å². The number of hydrogen-bond acceptors (Lipinski definition) is 6. The summed E-state index contributed by atoms with van der Waals surface area (Å²) in [4.78, 5) is 24.7. The van der Waals surface area contributed by atoms with Crippen molar-refractivity contribution >= 4 is 28.7 Å². The van der Waals surface area contributed by atoms with Crippen LogP contribution in [0.2, 0.25) is 0 Å². The number of carbonyl (C=O) groups excluding carboxylic acids is 2. The molecule has 6 nitrogen and oxygen atoms in total. The molecule has 0 saturated carbocycles. The predicted molar refractivity (Wildman–Crippen MR) is 108 cm³/mol. The predicted octanol–water partition coefficient (Wildman–Crippen LogP) is 3.63. The van der Waals surface area contributed by atoms with Crippen molar-refractivity contribution in [1.29, 1.82) is 0 Å². The van der Waals surface area contributed by atoms with E-state index in [0.717, 1.165) is 33.8 Å². The monoisotopic (exact) mass is 376 g/mol. The molecular weight excluding hydrogens is 356 g/mol. The zero-order valence-electron chi connectivity index (χ0n) is 15.7. The zero-order chi connectivity index (χ0) is 19.7. The molecule has 1 aliphatic carbocycles. The molecule has 2 aromatic rings. The van der Waals surface area contributed by atoms with Crippen LogP contribution in [0.3, 0.4) is 0 Å². The van der Waals surface area contributed by atoms with Gasteiger partial charge >= 0.3 is 5.97 Å². The second kappa shape index (κ2) is 7.23. The van der Waals surface area contributed by atoms with Crippen molar-refractivity contribution in [3.8, 4) is 5.75 Å². The first-order valence-electron chi connectivity index (χ1n) is 8.94. The lowest BCUT2D eigenvalue weighted by molar-refractivity contribution is -0.114. The van der Waals surface area contributed by atoms with E-state index in [2.05, 4.69) is 10.6 Å². The fourth-order valence-corrected chi connectivity index (χ4v) is 3.48. The van der Waals surface area contributed by atoms with Crippen LogP contribution in [0.4, 0.5) is 11.4 Å². The van der Waals surface area contributed by atoms with Gasteiger partial charge in [-0.2, -0.15) is 0 Å². The molecule has 0 atom stereocenters. The first-order chi connectivity index (χ1) is 13.6. The van der Waals surface area contributed by atoms with Crippen LogP contribution in [0.1, 0.15) is 22.3 Å². The van der Waals surface area contributed by atoms with E-state index >= 15 is 0 Å². The zero-order valence-corrected chi connectivity index (χ0v) is 15.7. The number of allylic oxidation sites excluding steroid dienone is 2. The third-order valence-corrected chi connectivity index (χ3v) is 4.96. The number of carbonyl (C=O) groups is 2. The van der Waals surface area contributed by atoms with Crippen LogP contribution in [0.25, 0.3) is 5.57 Å². The molecule has 0 saturated heterocycles. The van der Waals surface area contributed by atoms with Crippen molar-refractivity contribution in [3.05, 3.63) is 70.9 Å². The van der Waals surface area contributed by atoms with Gasteiger partial charge in [0.05, 0.1) is 25.6 Å². The largest absolute Gasteiger partial charge is 0.496 e. The second-order valence-electron chi connectivity index (χ2n) is 6.59. The Hall–Kier alpha value is -3.54. The minimum atomic E-state index is -0.463. The van der Waals surface area contributed by atoms with Crippen LogP contribution in [-0.2, 0) is 9.53 Å². The van der Waals surface area contributed by atoms with E-state index in [0.29, 0.717) is 24.3 Å². The Morgan fingerprint density at radius 3 is 2.61 bits per heavy atom. The molecule has 142 valence electrons. The van der Waals surface area contributed by atoms with Gasteiger partial charge in [0.1, 0.15) is 11.3 Å². The van der Waals surface area contributed by atoms with E-state index in [4.69, 9.17) is 9.47 Å². The molecule has 1 aliphatic heterocycles. The van der Waals surface area contributed by atoms with E-state index in [-0.39, 0.29) is 5.78 Å². The van der Waals surface area contributed by atoms with Gasteiger partial charge in [-0.25, -0.2) is 4.79 Å². The number of methoxy groups -OCH3 is 2. The number of benzene rings is 2. The smallest absolute Gasteiger partial charge is 0.341 e. The summed E-state index contributed by atoms with van der Waals surface area (Å²) in [5.41, 5.74) is 5.46. The Labute approximate surface area is 162 Å². The van der Waals surface area contributed by atoms with Crippen LogP contribution in [-0.4, -0.2) is 32.5 Å². The van der Waals surface area contributed by atoms with Gasteiger partial charge in [0, 0.05) is 24.2 Å². The molecule has 0 bridgehead atoms. The van der Waals surface area contributed by atoms with Gasteiger partial charge in [0.25, 0.3) is 0 Å². The van der Waals surface area contributed by atoms with Crippen molar-refractivity contribution in [2.24, 2.45) is 0 Å². The van der Waals surface area contributed by atoms with Crippen molar-refractivity contribution in [3.63, 3.8) is 0 Å². The van der Waals surface area contributed by atoms with Gasteiger partial charge in [-0.1, -0.05) is 18.2 Å². The third-order valence-electron chi connectivity index (χ3n) is 4.96. The third kappa shape index (κ3) is 3.13. The van der Waals surface area contributed by atoms with E-state index in [1.165, 1.54) is 14.2 Å². The van der Waals surface area contributed by atoms with Crippen LogP contribution in [0.5, 0.6) is 5.75 Å². The first-order valence-corrected chi connectivity index (χ1v) is 8.94. The number of esters is 1. The number of rotatable bonds is 3. The van der Waals surface area contributed by atoms with Gasteiger partial charge in [0.2, 0.25) is 0 Å². The maximum Gasteiger partial charge on any atom is 0.341 e. The van der Waals surface area contributed by atoms with E-state index in [9.17, 15) is 9.59 Å². The molecule has 28 heavy (non-hydrogen) atoms. The summed E-state index contributed by atoms with van der Waals surface area (Å²) >= 11 is 0. The average molecular weight is 376 g/mol. The lowest BCUT2D eigenvalue weighted by Crippen LogP contribution is -2.18. The number of anilines is 2. The molecule has 2 aromatic carbocycles. The quantitative estimate of drug-likeness (QED) is 0.797. The summed E-state index contributed by atoms with van der Waals surface area (Å²) in [6.07, 6.45) is 2.28. The lowest BCUT2D eigenvalue weighted by Gasteiger charge is -2.19. The molecule has 0 spiro atoms. The highest BCUT2D eigenvalue weighted by Gasteiger charge is 2.25. The van der Waals surface area contributed by atoms with Gasteiger partial charge in [-0.05, 0) is 41.5 Å². The Morgan fingerprint density at radius 2 is 1.86 bits per heavy atom. The normalized spacial score (nSPS) is 15.4. The highest BCUT2D eigenvalue weighted by atomic mass is 16.5. The number of ketones is 1. The fraction of sp³-hybridized carbons (Fsp3) is 0.182. The molecule has 2 N–H and O–H groups in total. The minimum Gasteiger partial charge on any atom is -0.496 e. The van der Waals surface area contributed by atoms with E-state index in [1.807, 2.05) is 36.4 Å². The Balaban J connectivity index is 1.73. The number of ether oxygens (including phenoxy) is 2. The molecule has 1 heterocycles. The van der Waals surface area contributed by atoms with E-state index in [1.54, 1.807) is 12.1 Å². The topological polar surface area (TPSA) is 76.7 Å². The summed E-state index contributed by atoms with van der Waals surface area (Å²) in [6, 6.07) is 13.1. The van der Waals surface area contributed by atoms with Gasteiger partial charge in [-0.3, -0.25) is 4.79 Å². The molecule has 2 aliphatic rings. The maximum absolute atomic E-state index is 12.8. The molecule has 6 heteroatoms. The Kier molecular flexibility index (Phi) is 4.61. The number of Topliss-reactive ketones (excluding diaryl/α,β-unsaturated/α-hetero) is 1. The molecule has 0 radical (unpaired) electrons. The van der Waals surface area contributed by atoms with Gasteiger partial charge < -0.3 is 20.1 Å². The summed E-state index contributed by atoms with van der Waals surface area (Å²) in [7, 11) is 2.83. The summed E-state index contributed by atoms with van der Waals surface area (Å²) in [5.74, 6) is 0.0184. The number of fused-ring (bicyclic) bond motifs is 1. The number of nitrogens with one attached hydrogen (secondary N) is 2. The summed E-state index contributed by atoms with van der Waals surface area (Å²) in [6.45, 7) is 0.479. The number of hydrogen-bond donors (Lipinski definition) is 2. The van der Waals surface area contributed by atoms with Crippen LogP contribution in [0, 0.1) is 0 Å². The Morgan fingerprint density at radius 1 is 1.07 bits per heavy atom. The summed E-state index contributed by atoms with van der Waals surface area (Å²) < 4.78 is 10.1. The van der Waals surface area contributed by atoms with Crippen molar-refractivity contribution in [2.45, 2.75) is 6.42 Å². The maximum atomic E-state index is 12.8. The van der Waals surface area contributed by atoms with Crippen LogP contribution < -0.4 is 15.4 Å². The van der Waals surface area contributed by atoms with Crippen molar-refractivity contribution < 1.29 is 19.1 Å². The molecule has 0 unspecified atom stereocenters. The summed E-state index contributed by atoms with van der Waals surface area (Å²) in [5, 5.41) is 6.69. The molecule has 4 rings (SSSR count). The lowest BCUT2D eigenvalue weighted by atomic mass is 9.89. The highest BCUT2D eigenvalue weighted by molar-refractivity contribution is 6.07. The fourth-order valence-electron chi connectivity index (χ4n) is 3.48. The molecule has 0 fully saturated rings. The van der Waals surface area contributed by atoms with Crippen LogP contribution >= 0.6 is 0 Å². The first kappa shape index (κ1) is 17.9. The van der Waals surface area contributed by atoms with Crippen LogP contribution in [0.15, 0.2) is 59.8 Å².